The third-order valence-corrected chi connectivity index (χ3v) is 4.95. The summed E-state index contributed by atoms with van der Waals surface area (Å²) in [4.78, 5) is 0.320. The molecule has 1 fully saturated rings. The van der Waals surface area contributed by atoms with E-state index in [0.717, 1.165) is 10.0 Å². The molecule has 0 aromatic heterocycles. The molecule has 2 rings (SSSR count). The fourth-order valence-corrected chi connectivity index (χ4v) is 3.01. The second-order valence-electron chi connectivity index (χ2n) is 3.89. The Hall–Kier alpha value is -0.430. The number of hydrogen-bond donors (Lipinski definition) is 2. The molecule has 0 bridgehead atoms. The van der Waals surface area contributed by atoms with Crippen LogP contribution in [0.3, 0.4) is 0 Å². The first-order valence-electron chi connectivity index (χ1n) is 4.98. The van der Waals surface area contributed by atoms with Crippen LogP contribution in [0.2, 0.25) is 0 Å². The van der Waals surface area contributed by atoms with Crippen LogP contribution < -0.4 is 10.0 Å². The maximum absolute atomic E-state index is 11.9. The van der Waals surface area contributed by atoms with E-state index in [2.05, 4.69) is 26.0 Å². The normalized spacial score (nSPS) is 17.1. The van der Waals surface area contributed by atoms with E-state index in [1.807, 2.05) is 6.92 Å². The van der Waals surface area contributed by atoms with Crippen molar-refractivity contribution in [3.8, 4) is 0 Å². The van der Waals surface area contributed by atoms with Gasteiger partial charge in [0.15, 0.2) is 0 Å². The molecule has 0 unspecified atom stereocenters. The largest absolute Gasteiger partial charge is 0.313 e. The molecule has 0 saturated carbocycles. The zero-order valence-corrected chi connectivity index (χ0v) is 11.2. The molecule has 6 heteroatoms. The molecule has 0 amide bonds. The van der Waals surface area contributed by atoms with Crippen molar-refractivity contribution in [3.63, 3.8) is 0 Å². The molecule has 16 heavy (non-hydrogen) atoms. The van der Waals surface area contributed by atoms with Crippen molar-refractivity contribution >= 4 is 26.0 Å². The number of halogens is 1. The van der Waals surface area contributed by atoms with Gasteiger partial charge in [-0.15, -0.1) is 0 Å². The maximum Gasteiger partial charge on any atom is 0.240 e. The van der Waals surface area contributed by atoms with E-state index in [0.29, 0.717) is 18.0 Å². The summed E-state index contributed by atoms with van der Waals surface area (Å²) >= 11 is 3.35. The van der Waals surface area contributed by atoms with E-state index in [9.17, 15) is 8.42 Å². The minimum atomic E-state index is -3.37. The van der Waals surface area contributed by atoms with Gasteiger partial charge in [-0.2, -0.15) is 0 Å². The number of rotatable bonds is 3. The Labute approximate surface area is 104 Å². The third kappa shape index (κ3) is 2.45. The summed E-state index contributed by atoms with van der Waals surface area (Å²) in [7, 11) is -3.37. The highest BCUT2D eigenvalue weighted by Gasteiger charge is 2.24. The SMILES string of the molecule is Cc1cc(S(=O)(=O)NC2CNC2)ccc1Br. The summed E-state index contributed by atoms with van der Waals surface area (Å²) in [5.41, 5.74) is 0.912. The Morgan fingerprint density at radius 3 is 2.62 bits per heavy atom. The summed E-state index contributed by atoms with van der Waals surface area (Å²) in [5, 5.41) is 3.02. The molecule has 1 aliphatic heterocycles. The van der Waals surface area contributed by atoms with E-state index in [-0.39, 0.29) is 6.04 Å². The zero-order valence-electron chi connectivity index (χ0n) is 8.83. The molecule has 0 radical (unpaired) electrons. The molecule has 0 atom stereocenters. The standard InChI is InChI=1S/C10H13BrN2O2S/c1-7-4-9(2-3-10(7)11)16(14,15)13-8-5-12-6-8/h2-4,8,12-13H,5-6H2,1H3. The monoisotopic (exact) mass is 304 g/mol. The average Bonchev–Trinajstić information content (AvgIpc) is 2.16. The van der Waals surface area contributed by atoms with Gasteiger partial charge in [0.25, 0.3) is 0 Å². The third-order valence-electron chi connectivity index (χ3n) is 2.54. The number of benzene rings is 1. The van der Waals surface area contributed by atoms with Gasteiger partial charge < -0.3 is 5.32 Å². The van der Waals surface area contributed by atoms with E-state index in [4.69, 9.17) is 0 Å². The van der Waals surface area contributed by atoms with Gasteiger partial charge in [0.1, 0.15) is 0 Å². The van der Waals surface area contributed by atoms with Crippen LogP contribution in [-0.2, 0) is 10.0 Å². The quantitative estimate of drug-likeness (QED) is 0.876. The van der Waals surface area contributed by atoms with Crippen molar-refractivity contribution in [3.05, 3.63) is 28.2 Å². The predicted molar refractivity (Wildman–Crippen MR) is 65.9 cm³/mol. The van der Waals surface area contributed by atoms with Crippen molar-refractivity contribution in [2.45, 2.75) is 17.9 Å². The lowest BCUT2D eigenvalue weighted by Crippen LogP contribution is -2.56. The van der Waals surface area contributed by atoms with Crippen molar-refractivity contribution in [2.24, 2.45) is 0 Å². The van der Waals surface area contributed by atoms with Crippen LogP contribution in [0.25, 0.3) is 0 Å². The molecule has 1 aromatic carbocycles. The van der Waals surface area contributed by atoms with Gasteiger partial charge in [-0.3, -0.25) is 0 Å². The molecule has 2 N–H and O–H groups in total. The summed E-state index contributed by atoms with van der Waals surface area (Å²) in [6.45, 7) is 3.28. The summed E-state index contributed by atoms with van der Waals surface area (Å²) in [5.74, 6) is 0. The number of nitrogens with one attached hydrogen (secondary N) is 2. The van der Waals surface area contributed by atoms with Gasteiger partial charge in [0, 0.05) is 23.6 Å². The van der Waals surface area contributed by atoms with Crippen molar-refractivity contribution in [1.29, 1.82) is 0 Å². The first-order chi connectivity index (χ1) is 7.49. The summed E-state index contributed by atoms with van der Waals surface area (Å²) < 4.78 is 27.5. The molecule has 88 valence electrons. The highest BCUT2D eigenvalue weighted by molar-refractivity contribution is 9.10. The van der Waals surface area contributed by atoms with Crippen molar-refractivity contribution in [1.82, 2.24) is 10.0 Å². The second kappa shape index (κ2) is 4.44. The van der Waals surface area contributed by atoms with Gasteiger partial charge in [-0.25, -0.2) is 13.1 Å². The Morgan fingerprint density at radius 1 is 1.44 bits per heavy atom. The number of aryl methyl sites for hydroxylation is 1. The molecule has 1 heterocycles. The molecule has 0 aliphatic carbocycles. The van der Waals surface area contributed by atoms with Crippen molar-refractivity contribution in [2.75, 3.05) is 13.1 Å². The lowest BCUT2D eigenvalue weighted by Gasteiger charge is -2.27. The molecular weight excluding hydrogens is 292 g/mol. The molecule has 4 nitrogen and oxygen atoms in total. The number of hydrogen-bond acceptors (Lipinski definition) is 3. The molecular formula is C10H13BrN2O2S. The second-order valence-corrected chi connectivity index (χ2v) is 6.46. The fraction of sp³-hybridized carbons (Fsp3) is 0.400. The van der Waals surface area contributed by atoms with Gasteiger partial charge in [-0.05, 0) is 30.7 Å². The van der Waals surface area contributed by atoms with E-state index in [1.165, 1.54) is 0 Å². The maximum atomic E-state index is 11.9. The van der Waals surface area contributed by atoms with Crippen LogP contribution in [0.5, 0.6) is 0 Å². The Bertz CT molecular complexity index is 498. The fourth-order valence-electron chi connectivity index (χ4n) is 1.44. The molecule has 1 saturated heterocycles. The van der Waals surface area contributed by atoms with E-state index < -0.39 is 10.0 Å². The van der Waals surface area contributed by atoms with Crippen LogP contribution in [0.1, 0.15) is 5.56 Å². The van der Waals surface area contributed by atoms with Crippen LogP contribution >= 0.6 is 15.9 Å². The van der Waals surface area contributed by atoms with Crippen LogP contribution in [0, 0.1) is 6.92 Å². The average molecular weight is 305 g/mol. The van der Waals surface area contributed by atoms with Crippen LogP contribution in [0.15, 0.2) is 27.6 Å². The smallest absolute Gasteiger partial charge is 0.240 e. The molecule has 1 aromatic rings. The van der Waals surface area contributed by atoms with E-state index >= 15 is 0 Å². The van der Waals surface area contributed by atoms with Gasteiger partial charge in [0.05, 0.1) is 4.90 Å². The van der Waals surface area contributed by atoms with Gasteiger partial charge in [-0.1, -0.05) is 15.9 Å². The lowest BCUT2D eigenvalue weighted by atomic mass is 10.2. The first-order valence-corrected chi connectivity index (χ1v) is 7.26. The Kier molecular flexibility index (Phi) is 3.34. The van der Waals surface area contributed by atoms with Crippen LogP contribution in [-0.4, -0.2) is 27.5 Å². The molecule has 1 aliphatic rings. The highest BCUT2D eigenvalue weighted by atomic mass is 79.9. The summed E-state index contributed by atoms with van der Waals surface area (Å²) in [6, 6.07) is 5.04. The van der Waals surface area contributed by atoms with Gasteiger partial charge >= 0.3 is 0 Å². The minimum Gasteiger partial charge on any atom is -0.313 e. The van der Waals surface area contributed by atoms with E-state index in [1.54, 1.807) is 18.2 Å². The Morgan fingerprint density at radius 2 is 2.12 bits per heavy atom. The Balaban J connectivity index is 2.24. The van der Waals surface area contributed by atoms with Crippen LogP contribution in [0.4, 0.5) is 0 Å². The van der Waals surface area contributed by atoms with Gasteiger partial charge in [0.2, 0.25) is 10.0 Å². The topological polar surface area (TPSA) is 58.2 Å². The van der Waals surface area contributed by atoms with Crippen molar-refractivity contribution < 1.29 is 8.42 Å². The minimum absolute atomic E-state index is 0.0222. The highest BCUT2D eigenvalue weighted by Crippen LogP contribution is 2.20. The zero-order chi connectivity index (χ0) is 11.8. The lowest BCUT2D eigenvalue weighted by molar-refractivity contribution is 0.410. The number of sulfonamides is 1. The first kappa shape index (κ1) is 12.0. The molecule has 0 spiro atoms. The predicted octanol–water partition coefficient (Wildman–Crippen LogP) is 1.01. The summed E-state index contributed by atoms with van der Waals surface area (Å²) in [6.07, 6.45) is 0.